The van der Waals surface area contributed by atoms with Crippen molar-refractivity contribution in [3.05, 3.63) is 30.1 Å². The average Bonchev–Trinajstić information content (AvgIpc) is 2.93. The molecule has 1 fully saturated rings. The molecule has 0 unspecified atom stereocenters. The van der Waals surface area contributed by atoms with Gasteiger partial charge in [0.2, 0.25) is 0 Å². The van der Waals surface area contributed by atoms with Crippen molar-refractivity contribution in [3.8, 4) is 0 Å². The molecule has 0 bridgehead atoms. The van der Waals surface area contributed by atoms with Gasteiger partial charge in [0.05, 0.1) is 11.6 Å². The minimum atomic E-state index is -0.483. The largest absolute Gasteiger partial charge is 0.444 e. The van der Waals surface area contributed by atoms with Crippen LogP contribution in [0.15, 0.2) is 24.5 Å². The Kier molecular flexibility index (Phi) is 4.30. The first-order valence-electron chi connectivity index (χ1n) is 8.28. The number of carbonyl (C=O) groups is 1. The summed E-state index contributed by atoms with van der Waals surface area (Å²) in [6, 6.07) is 6.19. The number of rotatable bonds is 2. The summed E-state index contributed by atoms with van der Waals surface area (Å²) in [4.78, 5) is 23.0. The third-order valence-corrected chi connectivity index (χ3v) is 4.05. The van der Waals surface area contributed by atoms with Crippen molar-refractivity contribution in [2.75, 3.05) is 18.0 Å². The van der Waals surface area contributed by atoms with Crippen molar-refractivity contribution in [2.24, 2.45) is 0 Å². The Bertz CT molecular complexity index is 754. The van der Waals surface area contributed by atoms with E-state index in [0.717, 1.165) is 41.8 Å². The molecule has 6 nitrogen and oxygen atoms in total. The number of hydrogen-bond acceptors (Lipinski definition) is 5. The third kappa shape index (κ3) is 3.58. The minimum absolute atomic E-state index is 0.0645. The maximum absolute atomic E-state index is 11.9. The number of para-hydroxylation sites is 1. The molecule has 2 heterocycles. The lowest BCUT2D eigenvalue weighted by Gasteiger charge is -2.22. The van der Waals surface area contributed by atoms with E-state index in [9.17, 15) is 4.79 Å². The first-order chi connectivity index (χ1) is 11.3. The lowest BCUT2D eigenvalue weighted by atomic mass is 10.1. The van der Waals surface area contributed by atoms with Crippen LogP contribution < -0.4 is 10.2 Å². The molecule has 1 aromatic carbocycles. The Labute approximate surface area is 142 Å². The molecule has 0 aliphatic carbocycles. The smallest absolute Gasteiger partial charge is 0.407 e. The number of nitrogens with zero attached hydrogens (tertiary/aromatic N) is 3. The third-order valence-electron chi connectivity index (χ3n) is 4.05. The normalized spacial score (nSPS) is 18.0. The zero-order valence-electron chi connectivity index (χ0n) is 14.7. The van der Waals surface area contributed by atoms with Crippen LogP contribution in [-0.4, -0.2) is 40.8 Å². The molecule has 1 saturated heterocycles. The number of aryl methyl sites for hydroxylation is 1. The van der Waals surface area contributed by atoms with E-state index < -0.39 is 5.60 Å². The van der Waals surface area contributed by atoms with Crippen LogP contribution in [0.2, 0.25) is 0 Å². The molecule has 0 saturated carbocycles. The first kappa shape index (κ1) is 16.5. The number of benzene rings is 1. The quantitative estimate of drug-likeness (QED) is 0.918. The van der Waals surface area contributed by atoms with Crippen LogP contribution in [0.5, 0.6) is 0 Å². The van der Waals surface area contributed by atoms with Gasteiger partial charge in [0, 0.05) is 18.5 Å². The van der Waals surface area contributed by atoms with Crippen molar-refractivity contribution in [2.45, 2.75) is 45.8 Å². The molecule has 1 aliphatic heterocycles. The predicted octanol–water partition coefficient (Wildman–Crippen LogP) is 3.04. The summed E-state index contributed by atoms with van der Waals surface area (Å²) in [5, 5.41) is 4.00. The van der Waals surface area contributed by atoms with Gasteiger partial charge >= 0.3 is 6.09 Å². The van der Waals surface area contributed by atoms with E-state index in [4.69, 9.17) is 4.74 Å². The number of aromatic nitrogens is 2. The molecule has 128 valence electrons. The maximum Gasteiger partial charge on any atom is 0.407 e. The Morgan fingerprint density at radius 2 is 2.12 bits per heavy atom. The highest BCUT2D eigenvalue weighted by Gasteiger charge is 2.27. The second-order valence-electron chi connectivity index (χ2n) is 7.25. The van der Waals surface area contributed by atoms with E-state index >= 15 is 0 Å². The molecule has 6 heteroatoms. The molecule has 24 heavy (non-hydrogen) atoms. The van der Waals surface area contributed by atoms with Gasteiger partial charge in [0.15, 0.2) is 0 Å². The number of hydrogen-bond donors (Lipinski definition) is 1. The number of anilines is 1. The zero-order valence-corrected chi connectivity index (χ0v) is 14.7. The molecular weight excluding hydrogens is 304 g/mol. The van der Waals surface area contributed by atoms with Crippen molar-refractivity contribution in [1.82, 2.24) is 15.3 Å². The lowest BCUT2D eigenvalue weighted by molar-refractivity contribution is 0.0509. The highest BCUT2D eigenvalue weighted by atomic mass is 16.6. The van der Waals surface area contributed by atoms with Crippen LogP contribution in [0.25, 0.3) is 10.9 Å². The maximum atomic E-state index is 11.9. The van der Waals surface area contributed by atoms with Gasteiger partial charge in [-0.25, -0.2) is 14.8 Å². The van der Waals surface area contributed by atoms with Crippen LogP contribution in [0.4, 0.5) is 10.6 Å². The van der Waals surface area contributed by atoms with Gasteiger partial charge in [0.1, 0.15) is 17.7 Å². The van der Waals surface area contributed by atoms with Crippen LogP contribution >= 0.6 is 0 Å². The predicted molar refractivity (Wildman–Crippen MR) is 94.3 cm³/mol. The second-order valence-corrected chi connectivity index (χ2v) is 7.25. The van der Waals surface area contributed by atoms with E-state index in [-0.39, 0.29) is 12.1 Å². The summed E-state index contributed by atoms with van der Waals surface area (Å²) in [6.07, 6.45) is 2.12. The summed E-state index contributed by atoms with van der Waals surface area (Å²) in [7, 11) is 0. The summed E-state index contributed by atoms with van der Waals surface area (Å²) < 4.78 is 5.33. The summed E-state index contributed by atoms with van der Waals surface area (Å²) >= 11 is 0. The molecule has 3 rings (SSSR count). The molecule has 1 amide bonds. The number of carbonyl (C=O) groups excluding carboxylic acids is 1. The highest BCUT2D eigenvalue weighted by Crippen LogP contribution is 2.27. The van der Waals surface area contributed by atoms with E-state index in [2.05, 4.69) is 33.2 Å². The Morgan fingerprint density at radius 1 is 1.33 bits per heavy atom. The number of nitrogens with one attached hydrogen (secondary N) is 1. The standard InChI is InChI=1S/C18H24N4O2/c1-12-6-5-7-14-15(12)19-11-20-16(14)22-9-8-13(10-22)21-17(23)24-18(2,3)4/h5-7,11,13H,8-10H2,1-4H3,(H,21,23)/t13-/m1/s1. The van der Waals surface area contributed by atoms with Crippen LogP contribution in [0.1, 0.15) is 32.8 Å². The van der Waals surface area contributed by atoms with E-state index in [1.165, 1.54) is 0 Å². The monoisotopic (exact) mass is 328 g/mol. The fourth-order valence-electron chi connectivity index (χ4n) is 3.02. The zero-order chi connectivity index (χ0) is 17.3. The number of ether oxygens (including phenoxy) is 1. The van der Waals surface area contributed by atoms with Gasteiger partial charge in [-0.2, -0.15) is 0 Å². The van der Waals surface area contributed by atoms with Crippen LogP contribution in [-0.2, 0) is 4.74 Å². The number of amides is 1. The lowest BCUT2D eigenvalue weighted by Crippen LogP contribution is -2.40. The summed E-state index contributed by atoms with van der Waals surface area (Å²) in [6.45, 7) is 9.21. The van der Waals surface area contributed by atoms with Crippen molar-refractivity contribution >= 4 is 22.8 Å². The van der Waals surface area contributed by atoms with Crippen molar-refractivity contribution < 1.29 is 9.53 Å². The van der Waals surface area contributed by atoms with Crippen molar-refractivity contribution in [1.29, 1.82) is 0 Å². The van der Waals surface area contributed by atoms with E-state index in [0.29, 0.717) is 0 Å². The van der Waals surface area contributed by atoms with E-state index in [1.54, 1.807) is 6.33 Å². The fraction of sp³-hybridized carbons (Fsp3) is 0.500. The molecule has 1 aromatic heterocycles. The van der Waals surface area contributed by atoms with Gasteiger partial charge in [-0.3, -0.25) is 0 Å². The Morgan fingerprint density at radius 3 is 2.88 bits per heavy atom. The Balaban J connectivity index is 1.72. The molecule has 2 aromatic rings. The van der Waals surface area contributed by atoms with Crippen molar-refractivity contribution in [3.63, 3.8) is 0 Å². The molecule has 0 radical (unpaired) electrons. The van der Waals surface area contributed by atoms with Crippen LogP contribution in [0.3, 0.4) is 0 Å². The second kappa shape index (κ2) is 6.26. The molecule has 1 aliphatic rings. The van der Waals surface area contributed by atoms with Gasteiger partial charge < -0.3 is 15.0 Å². The topological polar surface area (TPSA) is 67.4 Å². The minimum Gasteiger partial charge on any atom is -0.444 e. The molecule has 1 atom stereocenters. The summed E-state index contributed by atoms with van der Waals surface area (Å²) in [5.41, 5.74) is 1.63. The fourth-order valence-corrected chi connectivity index (χ4v) is 3.02. The average molecular weight is 328 g/mol. The van der Waals surface area contributed by atoms with Gasteiger partial charge in [-0.1, -0.05) is 12.1 Å². The number of alkyl carbamates (subject to hydrolysis) is 1. The Hall–Kier alpha value is -2.37. The SMILES string of the molecule is Cc1cccc2c(N3CC[C@@H](NC(=O)OC(C)(C)C)C3)ncnc12. The van der Waals surface area contributed by atoms with Gasteiger partial charge in [-0.15, -0.1) is 0 Å². The van der Waals surface area contributed by atoms with E-state index in [1.807, 2.05) is 32.9 Å². The van der Waals surface area contributed by atoms with Gasteiger partial charge in [0.25, 0.3) is 0 Å². The molecule has 1 N–H and O–H groups in total. The first-order valence-corrected chi connectivity index (χ1v) is 8.28. The number of fused-ring (bicyclic) bond motifs is 1. The molecule has 0 spiro atoms. The molecular formula is C18H24N4O2. The van der Waals surface area contributed by atoms with Crippen LogP contribution in [0, 0.1) is 6.92 Å². The summed E-state index contributed by atoms with van der Waals surface area (Å²) in [5.74, 6) is 0.928. The highest BCUT2D eigenvalue weighted by molar-refractivity contribution is 5.91. The van der Waals surface area contributed by atoms with Gasteiger partial charge in [-0.05, 0) is 45.7 Å².